The van der Waals surface area contributed by atoms with Crippen LogP contribution in [0.4, 0.5) is 5.69 Å². The number of rotatable bonds is 3. The van der Waals surface area contributed by atoms with Gasteiger partial charge in [-0.3, -0.25) is 0 Å². The number of hydrogen-bond donors (Lipinski definition) is 2. The lowest BCUT2D eigenvalue weighted by atomic mass is 9.95. The molecule has 3 rings (SSSR count). The van der Waals surface area contributed by atoms with Gasteiger partial charge in [0.25, 0.3) is 0 Å². The van der Waals surface area contributed by atoms with Crippen LogP contribution in [0.5, 0.6) is 0 Å². The molecular formula is C13H15NO3. The number of carboxylic acid groups (broad SMARTS) is 1. The van der Waals surface area contributed by atoms with Crippen molar-refractivity contribution in [1.29, 1.82) is 0 Å². The van der Waals surface area contributed by atoms with Gasteiger partial charge in [-0.2, -0.15) is 0 Å². The van der Waals surface area contributed by atoms with Crippen molar-refractivity contribution < 1.29 is 14.6 Å². The summed E-state index contributed by atoms with van der Waals surface area (Å²) in [6, 6.07) is 7.26. The minimum Gasteiger partial charge on any atom is -0.478 e. The predicted molar refractivity (Wildman–Crippen MR) is 63.3 cm³/mol. The minimum absolute atomic E-state index is 0.319. The molecular weight excluding hydrogens is 218 g/mol. The Morgan fingerprint density at radius 3 is 2.59 bits per heavy atom. The van der Waals surface area contributed by atoms with E-state index in [4.69, 9.17) is 9.84 Å². The highest BCUT2D eigenvalue weighted by Gasteiger charge is 2.40. The van der Waals surface area contributed by atoms with Crippen molar-refractivity contribution in [3.63, 3.8) is 0 Å². The molecule has 0 radical (unpaired) electrons. The zero-order valence-electron chi connectivity index (χ0n) is 9.43. The normalized spacial score (nSPS) is 30.5. The van der Waals surface area contributed by atoms with Crippen LogP contribution in [0, 0.1) is 0 Å². The monoisotopic (exact) mass is 233 g/mol. The van der Waals surface area contributed by atoms with E-state index in [1.807, 2.05) is 12.1 Å². The molecule has 1 aromatic carbocycles. The Labute approximate surface area is 99.6 Å². The lowest BCUT2D eigenvalue weighted by molar-refractivity contribution is 0.0697. The van der Waals surface area contributed by atoms with E-state index in [1.54, 1.807) is 12.1 Å². The summed E-state index contributed by atoms with van der Waals surface area (Å²) in [5, 5.41) is 12.2. The average molecular weight is 233 g/mol. The number of anilines is 1. The number of carbonyl (C=O) groups is 1. The lowest BCUT2D eigenvalue weighted by Crippen LogP contribution is -2.30. The van der Waals surface area contributed by atoms with Crippen LogP contribution in [0.25, 0.3) is 0 Å². The van der Waals surface area contributed by atoms with Gasteiger partial charge in [0.2, 0.25) is 0 Å². The van der Waals surface area contributed by atoms with Crippen LogP contribution in [-0.2, 0) is 4.74 Å². The van der Waals surface area contributed by atoms with E-state index in [0.717, 1.165) is 18.5 Å². The molecule has 1 aromatic rings. The van der Waals surface area contributed by atoms with Gasteiger partial charge >= 0.3 is 5.97 Å². The Morgan fingerprint density at radius 2 is 2.06 bits per heavy atom. The zero-order chi connectivity index (χ0) is 11.8. The molecule has 4 nitrogen and oxygen atoms in total. The van der Waals surface area contributed by atoms with Gasteiger partial charge in [-0.05, 0) is 43.5 Å². The van der Waals surface area contributed by atoms with Crippen molar-refractivity contribution in [1.82, 2.24) is 0 Å². The second-order valence-corrected chi connectivity index (χ2v) is 4.74. The number of aromatic carboxylic acids is 1. The van der Waals surface area contributed by atoms with Crippen LogP contribution in [0.15, 0.2) is 24.3 Å². The van der Waals surface area contributed by atoms with E-state index in [-0.39, 0.29) is 0 Å². The van der Waals surface area contributed by atoms with Crippen LogP contribution in [-0.4, -0.2) is 29.3 Å². The highest BCUT2D eigenvalue weighted by Crippen LogP contribution is 2.35. The van der Waals surface area contributed by atoms with Crippen LogP contribution in [0.3, 0.4) is 0 Å². The largest absolute Gasteiger partial charge is 0.478 e. The molecule has 0 amide bonds. The highest BCUT2D eigenvalue weighted by atomic mass is 16.5. The molecule has 2 saturated heterocycles. The van der Waals surface area contributed by atoms with Gasteiger partial charge in [0.15, 0.2) is 0 Å². The minimum atomic E-state index is -0.889. The summed E-state index contributed by atoms with van der Waals surface area (Å²) in [5.74, 6) is -0.889. The zero-order valence-corrected chi connectivity index (χ0v) is 9.43. The fourth-order valence-corrected chi connectivity index (χ4v) is 2.71. The molecule has 0 spiro atoms. The third-order valence-corrected chi connectivity index (χ3v) is 3.59. The van der Waals surface area contributed by atoms with Gasteiger partial charge in [0, 0.05) is 5.69 Å². The molecule has 17 heavy (non-hydrogen) atoms. The molecule has 0 saturated carbocycles. The van der Waals surface area contributed by atoms with Crippen molar-refractivity contribution in [3.8, 4) is 0 Å². The molecule has 2 bridgehead atoms. The Balaban J connectivity index is 1.67. The fraction of sp³-hybridized carbons (Fsp3) is 0.462. The second kappa shape index (κ2) is 4.04. The van der Waals surface area contributed by atoms with Crippen molar-refractivity contribution in [2.45, 2.75) is 37.5 Å². The Hall–Kier alpha value is -1.55. The summed E-state index contributed by atoms with van der Waals surface area (Å²) in [5.41, 5.74) is 1.29. The molecule has 3 atom stereocenters. The smallest absolute Gasteiger partial charge is 0.335 e. The standard InChI is InChI=1S/C13H15NO3/c15-13(16)8-1-3-9(4-2-8)14-11-7-10-5-6-12(11)17-10/h1-4,10-12,14H,5-7H2,(H,15,16). The van der Waals surface area contributed by atoms with Gasteiger partial charge < -0.3 is 15.2 Å². The molecule has 2 N–H and O–H groups in total. The maximum atomic E-state index is 10.7. The molecule has 3 unspecified atom stereocenters. The molecule has 4 heteroatoms. The summed E-state index contributed by atoms with van der Waals surface area (Å²) in [6.07, 6.45) is 4.14. The van der Waals surface area contributed by atoms with E-state index in [0.29, 0.717) is 23.8 Å². The fourth-order valence-electron chi connectivity index (χ4n) is 2.71. The summed E-state index contributed by atoms with van der Waals surface area (Å²) in [6.45, 7) is 0. The molecule has 0 aliphatic carbocycles. The van der Waals surface area contributed by atoms with E-state index in [2.05, 4.69) is 5.32 Å². The van der Waals surface area contributed by atoms with Gasteiger partial charge in [-0.15, -0.1) is 0 Å². The third kappa shape index (κ3) is 2.00. The van der Waals surface area contributed by atoms with E-state index in [9.17, 15) is 4.79 Å². The summed E-state index contributed by atoms with van der Waals surface area (Å²) < 4.78 is 5.76. The number of fused-ring (bicyclic) bond motifs is 2. The number of benzene rings is 1. The first-order valence-electron chi connectivity index (χ1n) is 5.98. The molecule has 2 aliphatic heterocycles. The summed E-state index contributed by atoms with van der Waals surface area (Å²) >= 11 is 0. The van der Waals surface area contributed by atoms with Crippen molar-refractivity contribution in [2.24, 2.45) is 0 Å². The van der Waals surface area contributed by atoms with Gasteiger partial charge in [-0.25, -0.2) is 4.79 Å². The molecule has 2 fully saturated rings. The van der Waals surface area contributed by atoms with Crippen LogP contribution < -0.4 is 5.32 Å². The van der Waals surface area contributed by atoms with Gasteiger partial charge in [-0.1, -0.05) is 0 Å². The van der Waals surface area contributed by atoms with Crippen molar-refractivity contribution in [3.05, 3.63) is 29.8 Å². The molecule has 2 heterocycles. The SMILES string of the molecule is O=C(O)c1ccc(NC2CC3CCC2O3)cc1. The Morgan fingerprint density at radius 1 is 1.29 bits per heavy atom. The summed E-state index contributed by atoms with van der Waals surface area (Å²) in [4.78, 5) is 10.7. The first-order valence-corrected chi connectivity index (χ1v) is 5.98. The lowest BCUT2D eigenvalue weighted by Gasteiger charge is -2.21. The van der Waals surface area contributed by atoms with Gasteiger partial charge in [0.1, 0.15) is 0 Å². The first-order chi connectivity index (χ1) is 8.22. The third-order valence-electron chi connectivity index (χ3n) is 3.59. The molecule has 90 valence electrons. The number of nitrogens with one attached hydrogen (secondary N) is 1. The van der Waals surface area contributed by atoms with Crippen LogP contribution in [0.1, 0.15) is 29.6 Å². The van der Waals surface area contributed by atoms with Crippen molar-refractivity contribution >= 4 is 11.7 Å². The van der Waals surface area contributed by atoms with E-state index in [1.165, 1.54) is 6.42 Å². The quantitative estimate of drug-likeness (QED) is 0.839. The highest BCUT2D eigenvalue weighted by molar-refractivity contribution is 5.88. The molecule has 0 aromatic heterocycles. The average Bonchev–Trinajstić information content (AvgIpc) is 2.91. The Bertz CT molecular complexity index is 429. The topological polar surface area (TPSA) is 58.6 Å². The van der Waals surface area contributed by atoms with E-state index >= 15 is 0 Å². The molecule has 2 aliphatic rings. The second-order valence-electron chi connectivity index (χ2n) is 4.74. The number of carboxylic acids is 1. The Kier molecular flexibility index (Phi) is 2.52. The maximum absolute atomic E-state index is 10.7. The van der Waals surface area contributed by atoms with Gasteiger partial charge in [0.05, 0.1) is 23.8 Å². The van der Waals surface area contributed by atoms with Crippen LogP contribution >= 0.6 is 0 Å². The maximum Gasteiger partial charge on any atom is 0.335 e. The first kappa shape index (κ1) is 10.6. The number of ether oxygens (including phenoxy) is 1. The summed E-state index contributed by atoms with van der Waals surface area (Å²) in [7, 11) is 0. The number of hydrogen-bond acceptors (Lipinski definition) is 3. The van der Waals surface area contributed by atoms with Crippen LogP contribution in [0.2, 0.25) is 0 Å². The van der Waals surface area contributed by atoms with E-state index < -0.39 is 5.97 Å². The predicted octanol–water partition coefficient (Wildman–Crippen LogP) is 2.12. The van der Waals surface area contributed by atoms with Crippen molar-refractivity contribution in [2.75, 3.05) is 5.32 Å².